The van der Waals surface area contributed by atoms with Gasteiger partial charge in [-0.05, 0) is 39.8 Å². The van der Waals surface area contributed by atoms with Crippen LogP contribution in [0.5, 0.6) is 5.75 Å². The molecule has 2 heterocycles. The highest BCUT2D eigenvalue weighted by Crippen LogP contribution is 2.55. The number of hydrogen-bond acceptors (Lipinski definition) is 10. The highest BCUT2D eigenvalue weighted by atomic mass is 31.2. The van der Waals surface area contributed by atoms with Gasteiger partial charge >= 0.3 is 19.3 Å². The molecule has 2 aromatic rings. The molecule has 1 fully saturated rings. The lowest BCUT2D eigenvalue weighted by Crippen LogP contribution is -2.59. The zero-order valence-electron chi connectivity index (χ0n) is 22.4. The number of nitrogens with one attached hydrogen (secondary N) is 1. The number of carbonyl (C=O) groups is 1. The summed E-state index contributed by atoms with van der Waals surface area (Å²) in [5.74, 6) is -1.32. The predicted octanol–water partition coefficient (Wildman–Crippen LogP) is 2.12. The summed E-state index contributed by atoms with van der Waals surface area (Å²) in [7, 11) is -4.20. The van der Waals surface area contributed by atoms with E-state index in [0.717, 1.165) is 16.8 Å². The number of hydrogen-bond donors (Lipinski definition) is 3. The van der Waals surface area contributed by atoms with E-state index in [1.54, 1.807) is 44.2 Å². The van der Waals surface area contributed by atoms with Crippen LogP contribution in [0.25, 0.3) is 0 Å². The van der Waals surface area contributed by atoms with Crippen molar-refractivity contribution in [1.29, 1.82) is 0 Å². The third-order valence-corrected chi connectivity index (χ3v) is 8.44. The number of aliphatic hydroxyl groups is 1. The Morgan fingerprint density at radius 2 is 1.90 bits per heavy atom. The van der Waals surface area contributed by atoms with Crippen LogP contribution in [0.1, 0.15) is 40.8 Å². The van der Waals surface area contributed by atoms with Crippen LogP contribution >= 0.6 is 7.60 Å². The molecule has 1 aromatic heterocycles. The topological polar surface area (TPSA) is 172 Å². The average molecular weight is 572 g/mol. The molecule has 3 rings (SSSR count). The Morgan fingerprint density at radius 3 is 2.46 bits per heavy atom. The molecule has 216 valence electrons. The summed E-state index contributed by atoms with van der Waals surface area (Å²) in [5, 5.41) is 11.1. The van der Waals surface area contributed by atoms with Crippen molar-refractivity contribution in [3.8, 4) is 5.75 Å². The highest BCUT2D eigenvalue weighted by molar-refractivity contribution is 7.54. The van der Waals surface area contributed by atoms with Crippen LogP contribution in [-0.4, -0.2) is 62.9 Å². The summed E-state index contributed by atoms with van der Waals surface area (Å²) >= 11 is 0. The van der Waals surface area contributed by atoms with Gasteiger partial charge < -0.3 is 24.8 Å². The SMILES string of the molecule is CC(C)OC(=O)[C@H](C)CP(=O)(Oc1ccccc1)OC(C)(C)[C@H]1O[C@@H](n2ccc(=O)[nH]c2=O)C(N)(CF)[C@H]1O. The van der Waals surface area contributed by atoms with E-state index in [-0.39, 0.29) is 11.9 Å². The fourth-order valence-corrected chi connectivity index (χ4v) is 6.57. The summed E-state index contributed by atoms with van der Waals surface area (Å²) in [4.78, 5) is 38.5. The maximum absolute atomic E-state index is 14.3. The first-order valence-electron chi connectivity index (χ1n) is 12.4. The normalized spacial score (nSPS) is 25.7. The highest BCUT2D eigenvalue weighted by Gasteiger charge is 2.61. The Labute approximate surface area is 224 Å². The van der Waals surface area contributed by atoms with Gasteiger partial charge in [-0.15, -0.1) is 0 Å². The predicted molar refractivity (Wildman–Crippen MR) is 139 cm³/mol. The molecule has 0 aliphatic carbocycles. The van der Waals surface area contributed by atoms with E-state index in [0.29, 0.717) is 0 Å². The molecule has 4 N–H and O–H groups in total. The monoisotopic (exact) mass is 571 g/mol. The number of nitrogens with zero attached hydrogens (tertiary/aromatic N) is 1. The van der Waals surface area contributed by atoms with E-state index in [9.17, 15) is 28.4 Å². The summed E-state index contributed by atoms with van der Waals surface area (Å²) in [6, 6.07) is 9.15. The third kappa shape index (κ3) is 6.85. The molecule has 6 atom stereocenters. The lowest BCUT2D eigenvalue weighted by atomic mass is 9.86. The van der Waals surface area contributed by atoms with Crippen LogP contribution in [0.2, 0.25) is 0 Å². The van der Waals surface area contributed by atoms with Gasteiger partial charge in [-0.1, -0.05) is 25.1 Å². The Hall–Kier alpha value is -2.83. The van der Waals surface area contributed by atoms with Gasteiger partial charge in [-0.2, -0.15) is 0 Å². The molecular weight excluding hydrogens is 536 g/mol. The quantitative estimate of drug-likeness (QED) is 0.268. The van der Waals surface area contributed by atoms with Gasteiger partial charge in [0.25, 0.3) is 5.56 Å². The van der Waals surface area contributed by atoms with Crippen molar-refractivity contribution >= 4 is 13.6 Å². The number of ether oxygens (including phenoxy) is 2. The smallest absolute Gasteiger partial charge is 0.380 e. The second-order valence-electron chi connectivity index (χ2n) is 10.4. The molecule has 1 aliphatic rings. The summed E-state index contributed by atoms with van der Waals surface area (Å²) in [6.45, 7) is 6.41. The van der Waals surface area contributed by atoms with Gasteiger partial charge in [-0.3, -0.25) is 23.7 Å². The van der Waals surface area contributed by atoms with Crippen molar-refractivity contribution < 1.29 is 37.4 Å². The molecule has 39 heavy (non-hydrogen) atoms. The van der Waals surface area contributed by atoms with Crippen LogP contribution in [0, 0.1) is 5.92 Å². The first-order chi connectivity index (χ1) is 18.1. The molecule has 14 heteroatoms. The number of aromatic amines is 1. The Bertz CT molecular complexity index is 1320. The van der Waals surface area contributed by atoms with Gasteiger partial charge in [0, 0.05) is 12.3 Å². The second kappa shape index (κ2) is 11.7. The Morgan fingerprint density at radius 1 is 1.26 bits per heavy atom. The number of para-hydroxylation sites is 1. The van der Waals surface area contributed by atoms with Gasteiger partial charge in [0.2, 0.25) is 0 Å². The summed E-state index contributed by atoms with van der Waals surface area (Å²) in [6.07, 6.45) is -4.45. The minimum Gasteiger partial charge on any atom is -0.463 e. The van der Waals surface area contributed by atoms with Gasteiger partial charge in [0.1, 0.15) is 35.8 Å². The summed E-state index contributed by atoms with van der Waals surface area (Å²) < 4.78 is 52.2. The Balaban J connectivity index is 1.96. The van der Waals surface area contributed by atoms with Crippen molar-refractivity contribution in [1.82, 2.24) is 9.55 Å². The number of aromatic nitrogens is 2. The van der Waals surface area contributed by atoms with Crippen molar-refractivity contribution in [2.45, 2.75) is 70.3 Å². The zero-order chi connectivity index (χ0) is 29.2. The second-order valence-corrected chi connectivity index (χ2v) is 12.3. The molecule has 12 nitrogen and oxygen atoms in total. The van der Waals surface area contributed by atoms with Crippen molar-refractivity contribution in [3.63, 3.8) is 0 Å². The van der Waals surface area contributed by atoms with E-state index < -0.39 is 73.1 Å². The third-order valence-electron chi connectivity index (χ3n) is 6.21. The number of H-pyrrole nitrogens is 1. The number of halogens is 1. The van der Waals surface area contributed by atoms with E-state index in [2.05, 4.69) is 0 Å². The first-order valence-corrected chi connectivity index (χ1v) is 14.1. The minimum atomic E-state index is -4.20. The van der Waals surface area contributed by atoms with Crippen LogP contribution in [0.4, 0.5) is 4.39 Å². The van der Waals surface area contributed by atoms with Crippen molar-refractivity contribution in [3.05, 3.63) is 63.4 Å². The number of carbonyl (C=O) groups excluding carboxylic acids is 1. The maximum Gasteiger partial charge on any atom is 0.380 e. The maximum atomic E-state index is 14.3. The lowest BCUT2D eigenvalue weighted by molar-refractivity contribution is -0.151. The molecule has 0 bridgehead atoms. The van der Waals surface area contributed by atoms with Crippen molar-refractivity contribution in [2.24, 2.45) is 11.7 Å². The number of nitrogens with two attached hydrogens (primary N) is 1. The fourth-order valence-electron chi connectivity index (χ4n) is 4.30. The van der Waals surface area contributed by atoms with Gasteiger partial charge in [-0.25, -0.2) is 13.8 Å². The first kappa shape index (κ1) is 30.7. The molecule has 1 aromatic carbocycles. The van der Waals surface area contributed by atoms with Gasteiger partial charge in [0.05, 0.1) is 18.2 Å². The zero-order valence-corrected chi connectivity index (χ0v) is 23.3. The molecular formula is C25H35FN3O9P. The molecule has 1 saturated heterocycles. The van der Waals surface area contributed by atoms with Crippen LogP contribution in [0.3, 0.4) is 0 Å². The van der Waals surface area contributed by atoms with Gasteiger partial charge in [0.15, 0.2) is 6.23 Å². The van der Waals surface area contributed by atoms with E-state index >= 15 is 0 Å². The molecule has 0 amide bonds. The number of rotatable bonds is 11. The lowest BCUT2D eigenvalue weighted by Gasteiger charge is -2.37. The molecule has 0 saturated carbocycles. The molecule has 0 spiro atoms. The van der Waals surface area contributed by atoms with Crippen LogP contribution in [-0.2, 0) is 23.4 Å². The van der Waals surface area contributed by atoms with E-state index in [1.807, 2.05) is 4.98 Å². The number of aliphatic hydroxyl groups excluding tert-OH is 1. The van der Waals surface area contributed by atoms with Crippen LogP contribution in [0.15, 0.2) is 52.2 Å². The van der Waals surface area contributed by atoms with E-state index in [1.165, 1.54) is 20.8 Å². The molecule has 0 radical (unpaired) electrons. The number of benzene rings is 1. The average Bonchev–Trinajstić information content (AvgIpc) is 3.10. The number of esters is 1. The fraction of sp³-hybridized carbons (Fsp3) is 0.560. The Kier molecular flexibility index (Phi) is 9.24. The molecule has 2 unspecified atom stereocenters. The minimum absolute atomic E-state index is 0.198. The number of alkyl halides is 1. The standard InChI is InChI=1S/C25H35FN3O9P/c1-15(2)35-21(32)16(3)13-39(34,37-17-9-7-6-8-10-17)38-24(4,5)20-19(31)25(27,14-26)22(36-20)29-12-11-18(30)28-23(29)33/h6-12,15-16,19-20,22,31H,13-14,27H2,1-5H3,(H,28,30,33)/t16-,19+,20+,22-,25?,39?/m1/s1. The van der Waals surface area contributed by atoms with Crippen LogP contribution < -0.4 is 21.5 Å². The van der Waals surface area contributed by atoms with Crippen molar-refractivity contribution in [2.75, 3.05) is 12.8 Å². The summed E-state index contributed by atoms with van der Waals surface area (Å²) in [5.41, 5.74) is 0.788. The molecule has 1 aliphatic heterocycles. The largest absolute Gasteiger partial charge is 0.463 e. The van der Waals surface area contributed by atoms with E-state index in [4.69, 9.17) is 24.3 Å².